The largest absolute Gasteiger partial charge is 0.368 e. The molecule has 2 aromatic heterocycles. The van der Waals surface area contributed by atoms with Gasteiger partial charge in [-0.05, 0) is 36.6 Å². The van der Waals surface area contributed by atoms with Crippen LogP contribution in [-0.4, -0.2) is 21.9 Å². The van der Waals surface area contributed by atoms with Crippen molar-refractivity contribution in [1.29, 1.82) is 0 Å². The zero-order chi connectivity index (χ0) is 12.5. The van der Waals surface area contributed by atoms with E-state index in [2.05, 4.69) is 27.6 Å². The number of hydrogen-bond donors (Lipinski definition) is 1. The number of aromatic nitrogens is 2. The second kappa shape index (κ2) is 5.02. The Morgan fingerprint density at radius 2 is 2.33 bits per heavy atom. The molecule has 1 saturated carbocycles. The second-order valence-electron chi connectivity index (χ2n) is 4.91. The van der Waals surface area contributed by atoms with Crippen molar-refractivity contribution in [1.82, 2.24) is 9.97 Å². The minimum Gasteiger partial charge on any atom is -0.368 e. The van der Waals surface area contributed by atoms with Crippen molar-refractivity contribution in [2.75, 3.05) is 11.9 Å². The van der Waals surface area contributed by atoms with Gasteiger partial charge < -0.3 is 5.32 Å². The summed E-state index contributed by atoms with van der Waals surface area (Å²) in [6.07, 6.45) is 5.25. The molecule has 2 aromatic rings. The number of anilines is 1. The van der Waals surface area contributed by atoms with Gasteiger partial charge >= 0.3 is 0 Å². The van der Waals surface area contributed by atoms with Gasteiger partial charge in [0.2, 0.25) is 0 Å². The number of halogens is 1. The molecule has 3 rings (SSSR count). The van der Waals surface area contributed by atoms with Gasteiger partial charge in [-0.3, -0.25) is 0 Å². The van der Waals surface area contributed by atoms with E-state index >= 15 is 0 Å². The average Bonchev–Trinajstić information content (AvgIpc) is 2.95. The summed E-state index contributed by atoms with van der Waals surface area (Å²) in [5.74, 6) is 1.52. The van der Waals surface area contributed by atoms with Gasteiger partial charge in [0.25, 0.3) is 0 Å². The Balaban J connectivity index is 1.78. The summed E-state index contributed by atoms with van der Waals surface area (Å²) in [7, 11) is 0. The first-order chi connectivity index (χ1) is 8.75. The van der Waals surface area contributed by atoms with Crippen LogP contribution in [0.4, 0.5) is 5.82 Å². The predicted molar refractivity (Wildman–Crippen MR) is 77.6 cm³/mol. The summed E-state index contributed by atoms with van der Waals surface area (Å²) in [5, 5.41) is 5.90. The molecule has 0 saturated heterocycles. The molecule has 5 heteroatoms. The minimum absolute atomic E-state index is 0.319. The fourth-order valence-corrected chi connectivity index (χ4v) is 3.88. The number of nitrogens with one attached hydrogen (secondary N) is 1. The molecule has 1 N–H and O–H groups in total. The second-order valence-corrected chi connectivity index (χ2v) is 6.35. The molecule has 1 aliphatic rings. The van der Waals surface area contributed by atoms with E-state index in [9.17, 15) is 0 Å². The van der Waals surface area contributed by atoms with Crippen molar-refractivity contribution >= 4 is 39.0 Å². The van der Waals surface area contributed by atoms with E-state index < -0.39 is 0 Å². The van der Waals surface area contributed by atoms with Crippen molar-refractivity contribution in [3.8, 4) is 0 Å². The molecule has 0 aromatic carbocycles. The lowest BCUT2D eigenvalue weighted by Gasteiger charge is -2.14. The van der Waals surface area contributed by atoms with Gasteiger partial charge in [-0.25, -0.2) is 9.97 Å². The fraction of sp³-hybridized carbons (Fsp3) is 0.538. The van der Waals surface area contributed by atoms with Crippen LogP contribution in [0, 0.1) is 12.8 Å². The predicted octanol–water partition coefficient (Wildman–Crippen LogP) is 3.82. The van der Waals surface area contributed by atoms with Gasteiger partial charge in [-0.2, -0.15) is 0 Å². The molecule has 2 atom stereocenters. The number of nitrogens with zero attached hydrogens (tertiary/aromatic N) is 2. The molecule has 96 valence electrons. The van der Waals surface area contributed by atoms with Gasteiger partial charge in [-0.1, -0.05) is 6.42 Å². The van der Waals surface area contributed by atoms with Crippen molar-refractivity contribution in [3.05, 3.63) is 17.3 Å². The molecular weight excluding hydrogens is 266 g/mol. The fourth-order valence-electron chi connectivity index (χ4n) is 2.54. The lowest BCUT2D eigenvalue weighted by molar-refractivity contribution is 0.585. The third-order valence-corrected chi connectivity index (χ3v) is 5.30. The highest BCUT2D eigenvalue weighted by Gasteiger charge is 2.25. The quantitative estimate of drug-likeness (QED) is 0.869. The molecule has 2 unspecified atom stereocenters. The lowest BCUT2D eigenvalue weighted by atomic mass is 10.1. The van der Waals surface area contributed by atoms with E-state index in [1.165, 1.54) is 18.4 Å². The van der Waals surface area contributed by atoms with E-state index in [1.54, 1.807) is 17.7 Å². The molecule has 0 radical (unpaired) electrons. The number of fused-ring (bicyclic) bond motifs is 1. The van der Waals surface area contributed by atoms with Crippen LogP contribution in [0.2, 0.25) is 0 Å². The summed E-state index contributed by atoms with van der Waals surface area (Å²) in [4.78, 5) is 8.68. The monoisotopic (exact) mass is 281 g/mol. The SMILES string of the molecule is Cc1csc2c(NCC3CCCC3Cl)ncnc12. The number of hydrogen-bond acceptors (Lipinski definition) is 4. The number of thiophene rings is 1. The zero-order valence-electron chi connectivity index (χ0n) is 10.3. The summed E-state index contributed by atoms with van der Waals surface area (Å²) < 4.78 is 1.15. The molecular formula is C13H16ClN3S. The van der Waals surface area contributed by atoms with E-state index in [0.717, 1.165) is 29.0 Å². The number of aryl methyl sites for hydroxylation is 1. The highest BCUT2D eigenvalue weighted by Crippen LogP contribution is 2.32. The Morgan fingerprint density at radius 1 is 1.44 bits per heavy atom. The molecule has 2 heterocycles. The Kier molecular flexibility index (Phi) is 3.39. The highest BCUT2D eigenvalue weighted by atomic mass is 35.5. The first kappa shape index (κ1) is 12.2. The Labute approximate surface area is 116 Å². The van der Waals surface area contributed by atoms with Crippen LogP contribution in [-0.2, 0) is 0 Å². The maximum Gasteiger partial charge on any atom is 0.147 e. The summed E-state index contributed by atoms with van der Waals surface area (Å²) in [6, 6.07) is 0. The van der Waals surface area contributed by atoms with E-state index in [1.807, 2.05) is 0 Å². The van der Waals surface area contributed by atoms with Gasteiger partial charge in [0.05, 0.1) is 10.2 Å². The maximum absolute atomic E-state index is 6.30. The van der Waals surface area contributed by atoms with Crippen LogP contribution in [0.5, 0.6) is 0 Å². The minimum atomic E-state index is 0.319. The van der Waals surface area contributed by atoms with Crippen LogP contribution in [0.1, 0.15) is 24.8 Å². The lowest BCUT2D eigenvalue weighted by Crippen LogP contribution is -2.18. The van der Waals surface area contributed by atoms with Gasteiger partial charge in [0, 0.05) is 11.9 Å². The van der Waals surface area contributed by atoms with Gasteiger partial charge in [0.1, 0.15) is 12.1 Å². The molecule has 0 amide bonds. The van der Waals surface area contributed by atoms with E-state index in [0.29, 0.717) is 11.3 Å². The van der Waals surface area contributed by atoms with Crippen LogP contribution in [0.25, 0.3) is 10.2 Å². The van der Waals surface area contributed by atoms with Crippen LogP contribution < -0.4 is 5.32 Å². The molecule has 18 heavy (non-hydrogen) atoms. The van der Waals surface area contributed by atoms with Crippen LogP contribution in [0.15, 0.2) is 11.7 Å². The Bertz CT molecular complexity index is 554. The molecule has 3 nitrogen and oxygen atoms in total. The standard InChI is InChI=1S/C13H16ClN3S/c1-8-6-18-12-11(8)16-7-17-13(12)15-5-9-3-2-4-10(9)14/h6-7,9-10H,2-5H2,1H3,(H,15,16,17). The summed E-state index contributed by atoms with van der Waals surface area (Å²) in [6.45, 7) is 3.00. The summed E-state index contributed by atoms with van der Waals surface area (Å²) in [5.41, 5.74) is 2.28. The van der Waals surface area contributed by atoms with Crippen LogP contribution >= 0.6 is 22.9 Å². The van der Waals surface area contributed by atoms with E-state index in [-0.39, 0.29) is 0 Å². The highest BCUT2D eigenvalue weighted by molar-refractivity contribution is 7.18. The third kappa shape index (κ3) is 2.19. The molecule has 1 fully saturated rings. The maximum atomic E-state index is 6.30. The summed E-state index contributed by atoms with van der Waals surface area (Å²) >= 11 is 8.00. The van der Waals surface area contributed by atoms with Crippen molar-refractivity contribution in [3.63, 3.8) is 0 Å². The van der Waals surface area contributed by atoms with Crippen molar-refractivity contribution in [2.45, 2.75) is 31.6 Å². The smallest absolute Gasteiger partial charge is 0.147 e. The third-order valence-electron chi connectivity index (χ3n) is 3.63. The average molecular weight is 282 g/mol. The Hall–Kier alpha value is -0.870. The topological polar surface area (TPSA) is 37.8 Å². The number of alkyl halides is 1. The number of rotatable bonds is 3. The first-order valence-electron chi connectivity index (χ1n) is 6.32. The van der Waals surface area contributed by atoms with Crippen molar-refractivity contribution < 1.29 is 0 Å². The van der Waals surface area contributed by atoms with Crippen molar-refractivity contribution in [2.24, 2.45) is 5.92 Å². The zero-order valence-corrected chi connectivity index (χ0v) is 11.9. The Morgan fingerprint density at radius 3 is 3.11 bits per heavy atom. The van der Waals surface area contributed by atoms with Gasteiger partial charge in [-0.15, -0.1) is 22.9 Å². The molecule has 0 aliphatic heterocycles. The molecule has 0 spiro atoms. The molecule has 1 aliphatic carbocycles. The molecule has 0 bridgehead atoms. The van der Waals surface area contributed by atoms with Crippen LogP contribution in [0.3, 0.4) is 0 Å². The first-order valence-corrected chi connectivity index (χ1v) is 7.64. The van der Waals surface area contributed by atoms with Gasteiger partial charge in [0.15, 0.2) is 0 Å². The normalized spacial score (nSPS) is 23.7. The van der Waals surface area contributed by atoms with E-state index in [4.69, 9.17) is 11.6 Å².